The van der Waals surface area contributed by atoms with Gasteiger partial charge in [0, 0.05) is 15.2 Å². The molecule has 0 fully saturated rings. The summed E-state index contributed by atoms with van der Waals surface area (Å²) in [5.74, 6) is -0.999. The second-order valence-corrected chi connectivity index (χ2v) is 5.11. The maximum Gasteiger partial charge on any atom is 0.256 e. The Hall–Kier alpha value is -1.59. The minimum absolute atomic E-state index is 0.0341. The summed E-state index contributed by atoms with van der Waals surface area (Å²) in [6.07, 6.45) is 0. The Morgan fingerprint density at radius 1 is 1.26 bits per heavy atom. The summed E-state index contributed by atoms with van der Waals surface area (Å²) in [6.45, 7) is 0. The Labute approximate surface area is 122 Å². The van der Waals surface area contributed by atoms with Crippen molar-refractivity contribution in [2.45, 2.75) is 0 Å². The topological polar surface area (TPSA) is 55.1 Å². The van der Waals surface area contributed by atoms with Crippen LogP contribution in [0.2, 0.25) is 5.02 Å². The van der Waals surface area contributed by atoms with Crippen LogP contribution in [0.25, 0.3) is 0 Å². The fraction of sp³-hybridized carbons (Fsp3) is 0. The van der Waals surface area contributed by atoms with Crippen LogP contribution in [0.1, 0.15) is 10.4 Å². The van der Waals surface area contributed by atoms with Gasteiger partial charge in [0.25, 0.3) is 5.91 Å². The molecule has 0 spiro atoms. The van der Waals surface area contributed by atoms with Crippen LogP contribution >= 0.6 is 27.5 Å². The second-order valence-electron chi connectivity index (χ2n) is 3.82. The highest BCUT2D eigenvalue weighted by Crippen LogP contribution is 2.24. The Kier molecular flexibility index (Phi) is 4.07. The lowest BCUT2D eigenvalue weighted by molar-refractivity contribution is 0.102. The van der Waals surface area contributed by atoms with Gasteiger partial charge >= 0.3 is 0 Å². The molecule has 0 bridgehead atoms. The van der Waals surface area contributed by atoms with Crippen molar-refractivity contribution in [3.63, 3.8) is 0 Å². The standard InChI is InChI=1S/C13H9BrClFN2O/c14-10-5-7(15)1-3-9(10)13(19)18-12-6-8(17)2-4-11(12)16/h1-6H,17H2,(H,18,19). The first-order chi connectivity index (χ1) is 8.97. The predicted molar refractivity (Wildman–Crippen MR) is 77.9 cm³/mol. The third-order valence-corrected chi connectivity index (χ3v) is 3.31. The summed E-state index contributed by atoms with van der Waals surface area (Å²) in [7, 11) is 0. The van der Waals surface area contributed by atoms with Gasteiger partial charge in [-0.25, -0.2) is 4.39 Å². The van der Waals surface area contributed by atoms with Crippen molar-refractivity contribution in [1.82, 2.24) is 0 Å². The normalized spacial score (nSPS) is 10.3. The van der Waals surface area contributed by atoms with Crippen LogP contribution in [0, 0.1) is 5.82 Å². The van der Waals surface area contributed by atoms with Crippen LogP contribution in [0.15, 0.2) is 40.9 Å². The van der Waals surface area contributed by atoms with Crippen molar-refractivity contribution in [2.24, 2.45) is 0 Å². The van der Waals surface area contributed by atoms with Crippen LogP contribution in [-0.4, -0.2) is 5.91 Å². The molecular formula is C13H9BrClFN2O. The molecule has 0 radical (unpaired) electrons. The third-order valence-electron chi connectivity index (χ3n) is 2.41. The Morgan fingerprint density at radius 3 is 2.68 bits per heavy atom. The first-order valence-electron chi connectivity index (χ1n) is 5.29. The third kappa shape index (κ3) is 3.24. The van der Waals surface area contributed by atoms with Crippen LogP contribution in [0.3, 0.4) is 0 Å². The van der Waals surface area contributed by atoms with E-state index in [1.54, 1.807) is 18.2 Å². The van der Waals surface area contributed by atoms with Crippen LogP contribution in [0.5, 0.6) is 0 Å². The van der Waals surface area contributed by atoms with Gasteiger partial charge in [-0.3, -0.25) is 4.79 Å². The summed E-state index contributed by atoms with van der Waals surface area (Å²) in [5.41, 5.74) is 6.30. The minimum atomic E-state index is -0.548. The van der Waals surface area contributed by atoms with E-state index in [9.17, 15) is 9.18 Å². The molecular weight excluding hydrogens is 335 g/mol. The molecule has 2 aromatic rings. The molecule has 2 aromatic carbocycles. The van der Waals surface area contributed by atoms with E-state index in [-0.39, 0.29) is 5.69 Å². The zero-order chi connectivity index (χ0) is 14.0. The lowest BCUT2D eigenvalue weighted by Crippen LogP contribution is -2.13. The van der Waals surface area contributed by atoms with Crippen LogP contribution in [-0.2, 0) is 0 Å². The first kappa shape index (κ1) is 13.8. The van der Waals surface area contributed by atoms with Crippen molar-refractivity contribution in [3.05, 3.63) is 57.3 Å². The zero-order valence-corrected chi connectivity index (χ0v) is 11.9. The molecule has 0 saturated carbocycles. The summed E-state index contributed by atoms with van der Waals surface area (Å²) >= 11 is 9.02. The van der Waals surface area contributed by atoms with Crippen molar-refractivity contribution < 1.29 is 9.18 Å². The van der Waals surface area contributed by atoms with Gasteiger partial charge in [-0.2, -0.15) is 0 Å². The molecule has 0 heterocycles. The van der Waals surface area contributed by atoms with E-state index in [2.05, 4.69) is 21.2 Å². The van der Waals surface area contributed by atoms with Gasteiger partial charge in [-0.05, 0) is 52.3 Å². The van der Waals surface area contributed by atoms with E-state index in [4.69, 9.17) is 17.3 Å². The van der Waals surface area contributed by atoms with Gasteiger partial charge in [0.1, 0.15) is 5.82 Å². The quantitative estimate of drug-likeness (QED) is 0.807. The molecule has 0 aliphatic heterocycles. The van der Waals surface area contributed by atoms with Crippen molar-refractivity contribution in [3.8, 4) is 0 Å². The number of benzene rings is 2. The lowest BCUT2D eigenvalue weighted by Gasteiger charge is -2.08. The maximum atomic E-state index is 13.5. The van der Waals surface area contributed by atoms with E-state index in [0.29, 0.717) is 20.7 Å². The van der Waals surface area contributed by atoms with E-state index < -0.39 is 11.7 Å². The van der Waals surface area contributed by atoms with Crippen molar-refractivity contribution >= 4 is 44.8 Å². The molecule has 6 heteroatoms. The summed E-state index contributed by atoms with van der Waals surface area (Å²) < 4.78 is 14.0. The minimum Gasteiger partial charge on any atom is -0.399 e. The molecule has 1 amide bonds. The fourth-order valence-corrected chi connectivity index (χ4v) is 2.36. The van der Waals surface area contributed by atoms with Crippen molar-refractivity contribution in [2.75, 3.05) is 11.1 Å². The highest BCUT2D eigenvalue weighted by molar-refractivity contribution is 9.10. The second kappa shape index (κ2) is 5.59. The number of nitrogens with two attached hydrogens (primary N) is 1. The van der Waals surface area contributed by atoms with Crippen LogP contribution in [0.4, 0.5) is 15.8 Å². The Balaban J connectivity index is 2.28. The molecule has 2 rings (SSSR count). The smallest absolute Gasteiger partial charge is 0.256 e. The lowest BCUT2D eigenvalue weighted by atomic mass is 10.2. The van der Waals surface area contributed by atoms with Gasteiger partial charge in [0.2, 0.25) is 0 Å². The number of carbonyl (C=O) groups excluding carboxylic acids is 1. The number of rotatable bonds is 2. The first-order valence-corrected chi connectivity index (χ1v) is 6.46. The van der Waals surface area contributed by atoms with E-state index in [1.165, 1.54) is 18.2 Å². The SMILES string of the molecule is Nc1ccc(F)c(NC(=O)c2ccc(Cl)cc2Br)c1. The fourth-order valence-electron chi connectivity index (χ4n) is 1.50. The van der Waals surface area contributed by atoms with Gasteiger partial charge in [-0.15, -0.1) is 0 Å². The molecule has 0 atom stereocenters. The molecule has 0 aliphatic rings. The predicted octanol–water partition coefficient (Wildman–Crippen LogP) is 4.08. The molecule has 0 saturated heterocycles. The number of carbonyl (C=O) groups is 1. The monoisotopic (exact) mass is 342 g/mol. The van der Waals surface area contributed by atoms with E-state index in [0.717, 1.165) is 0 Å². The number of hydrogen-bond donors (Lipinski definition) is 2. The summed E-state index contributed by atoms with van der Waals surface area (Å²) in [4.78, 5) is 12.0. The van der Waals surface area contributed by atoms with Gasteiger partial charge in [-0.1, -0.05) is 11.6 Å². The number of halogens is 3. The van der Waals surface area contributed by atoms with Gasteiger partial charge in [0.15, 0.2) is 0 Å². The number of nitrogen functional groups attached to an aromatic ring is 1. The number of amides is 1. The van der Waals surface area contributed by atoms with E-state index in [1.807, 2.05) is 0 Å². The summed E-state index contributed by atoms with van der Waals surface area (Å²) in [6, 6.07) is 8.69. The average molecular weight is 344 g/mol. The summed E-state index contributed by atoms with van der Waals surface area (Å²) in [5, 5.41) is 2.96. The Bertz CT molecular complexity index is 649. The zero-order valence-electron chi connectivity index (χ0n) is 9.58. The molecule has 3 nitrogen and oxygen atoms in total. The molecule has 0 aliphatic carbocycles. The Morgan fingerprint density at radius 2 is 2.00 bits per heavy atom. The largest absolute Gasteiger partial charge is 0.399 e. The van der Waals surface area contributed by atoms with E-state index >= 15 is 0 Å². The molecule has 98 valence electrons. The molecule has 3 N–H and O–H groups in total. The highest BCUT2D eigenvalue weighted by Gasteiger charge is 2.12. The molecule has 19 heavy (non-hydrogen) atoms. The average Bonchev–Trinajstić information content (AvgIpc) is 2.33. The number of hydrogen-bond acceptors (Lipinski definition) is 2. The number of anilines is 2. The van der Waals surface area contributed by atoms with Gasteiger partial charge < -0.3 is 11.1 Å². The van der Waals surface area contributed by atoms with Gasteiger partial charge in [0.05, 0.1) is 11.3 Å². The van der Waals surface area contributed by atoms with Crippen molar-refractivity contribution in [1.29, 1.82) is 0 Å². The number of nitrogens with one attached hydrogen (secondary N) is 1. The molecule has 0 aromatic heterocycles. The highest BCUT2D eigenvalue weighted by atomic mass is 79.9. The molecule has 0 unspecified atom stereocenters. The van der Waals surface area contributed by atoms with Crippen LogP contribution < -0.4 is 11.1 Å². The maximum absolute atomic E-state index is 13.5.